The lowest BCUT2D eigenvalue weighted by Crippen LogP contribution is -2.14. The Kier molecular flexibility index (Phi) is 5.28. The third-order valence-electron chi connectivity index (χ3n) is 3.25. The molecule has 0 fully saturated rings. The molecule has 21 heavy (non-hydrogen) atoms. The molecule has 0 radical (unpaired) electrons. The Labute approximate surface area is 123 Å². The van der Waals surface area contributed by atoms with E-state index in [0.717, 1.165) is 23.8 Å². The first kappa shape index (κ1) is 15.4. The SMILES string of the molecule is CCCOc1ccc(C(N)Cc2cccc(F)c2F)cc1. The van der Waals surface area contributed by atoms with Crippen molar-refractivity contribution in [3.8, 4) is 5.75 Å². The van der Waals surface area contributed by atoms with Crippen molar-refractivity contribution in [3.63, 3.8) is 0 Å². The number of rotatable bonds is 6. The van der Waals surface area contributed by atoms with Crippen LogP contribution in [0.3, 0.4) is 0 Å². The highest BCUT2D eigenvalue weighted by Crippen LogP contribution is 2.21. The summed E-state index contributed by atoms with van der Waals surface area (Å²) in [6.45, 7) is 2.71. The van der Waals surface area contributed by atoms with E-state index in [0.29, 0.717) is 6.61 Å². The Bertz CT molecular complexity index is 584. The number of hydrogen-bond donors (Lipinski definition) is 1. The summed E-state index contributed by atoms with van der Waals surface area (Å²) in [6.07, 6.45) is 1.19. The van der Waals surface area contributed by atoms with Gasteiger partial charge < -0.3 is 10.5 Å². The summed E-state index contributed by atoms with van der Waals surface area (Å²) >= 11 is 0. The number of hydrogen-bond acceptors (Lipinski definition) is 2. The van der Waals surface area contributed by atoms with Crippen LogP contribution in [0.2, 0.25) is 0 Å². The average Bonchev–Trinajstić information content (AvgIpc) is 2.50. The number of halogens is 2. The van der Waals surface area contributed by atoms with E-state index in [9.17, 15) is 8.78 Å². The van der Waals surface area contributed by atoms with Gasteiger partial charge in [0, 0.05) is 6.04 Å². The van der Waals surface area contributed by atoms with E-state index in [2.05, 4.69) is 0 Å². The molecule has 112 valence electrons. The average molecular weight is 291 g/mol. The molecule has 0 bridgehead atoms. The molecule has 0 spiro atoms. The smallest absolute Gasteiger partial charge is 0.162 e. The maximum Gasteiger partial charge on any atom is 0.162 e. The van der Waals surface area contributed by atoms with Gasteiger partial charge in [-0.2, -0.15) is 0 Å². The largest absolute Gasteiger partial charge is 0.494 e. The van der Waals surface area contributed by atoms with Gasteiger partial charge in [-0.3, -0.25) is 0 Å². The molecule has 0 aliphatic heterocycles. The highest BCUT2D eigenvalue weighted by molar-refractivity contribution is 5.30. The first-order valence-electron chi connectivity index (χ1n) is 7.03. The van der Waals surface area contributed by atoms with Crippen LogP contribution in [0.5, 0.6) is 5.75 Å². The van der Waals surface area contributed by atoms with Crippen LogP contribution in [0.4, 0.5) is 8.78 Å². The molecule has 4 heteroatoms. The minimum absolute atomic E-state index is 0.249. The molecule has 2 aromatic rings. The molecule has 0 saturated carbocycles. The third kappa shape index (κ3) is 4.02. The number of ether oxygens (including phenoxy) is 1. The molecule has 2 N–H and O–H groups in total. The standard InChI is InChI=1S/C17H19F2NO/c1-2-10-21-14-8-6-12(7-9-14)16(20)11-13-4-3-5-15(18)17(13)19/h3-9,16H,2,10-11,20H2,1H3. The summed E-state index contributed by atoms with van der Waals surface area (Å²) < 4.78 is 32.3. The van der Waals surface area contributed by atoms with Gasteiger partial charge in [0.15, 0.2) is 11.6 Å². The van der Waals surface area contributed by atoms with Crippen molar-refractivity contribution in [1.82, 2.24) is 0 Å². The van der Waals surface area contributed by atoms with E-state index in [1.165, 1.54) is 6.07 Å². The summed E-state index contributed by atoms with van der Waals surface area (Å²) in [7, 11) is 0. The van der Waals surface area contributed by atoms with Gasteiger partial charge in [0.2, 0.25) is 0 Å². The van der Waals surface area contributed by atoms with Crippen LogP contribution in [-0.4, -0.2) is 6.61 Å². The first-order valence-corrected chi connectivity index (χ1v) is 7.03. The summed E-state index contributed by atoms with van der Waals surface area (Å²) in [6, 6.07) is 11.1. The Morgan fingerprint density at radius 2 is 1.81 bits per heavy atom. The summed E-state index contributed by atoms with van der Waals surface area (Å²) in [5.74, 6) is -0.886. The van der Waals surface area contributed by atoms with Gasteiger partial charge in [-0.25, -0.2) is 8.78 Å². The predicted octanol–water partition coefficient (Wildman–Crippen LogP) is 4.00. The predicted molar refractivity (Wildman–Crippen MR) is 79.2 cm³/mol. The summed E-state index contributed by atoms with van der Waals surface area (Å²) in [4.78, 5) is 0. The van der Waals surface area contributed by atoms with Crippen LogP contribution in [0, 0.1) is 11.6 Å². The maximum atomic E-state index is 13.6. The van der Waals surface area contributed by atoms with E-state index in [-0.39, 0.29) is 18.0 Å². The second-order valence-corrected chi connectivity index (χ2v) is 4.94. The van der Waals surface area contributed by atoms with E-state index < -0.39 is 11.6 Å². The zero-order chi connectivity index (χ0) is 15.2. The fraction of sp³-hybridized carbons (Fsp3) is 0.294. The second-order valence-electron chi connectivity index (χ2n) is 4.94. The highest BCUT2D eigenvalue weighted by atomic mass is 19.2. The van der Waals surface area contributed by atoms with Crippen molar-refractivity contribution in [2.75, 3.05) is 6.61 Å². The zero-order valence-corrected chi connectivity index (χ0v) is 12.0. The molecule has 0 saturated heterocycles. The van der Waals surface area contributed by atoms with Crippen molar-refractivity contribution in [3.05, 3.63) is 65.2 Å². The van der Waals surface area contributed by atoms with Crippen LogP contribution in [0.25, 0.3) is 0 Å². The topological polar surface area (TPSA) is 35.2 Å². The lowest BCUT2D eigenvalue weighted by molar-refractivity contribution is 0.317. The lowest BCUT2D eigenvalue weighted by Gasteiger charge is -2.14. The molecule has 2 aromatic carbocycles. The highest BCUT2D eigenvalue weighted by Gasteiger charge is 2.13. The molecular weight excluding hydrogens is 272 g/mol. The minimum atomic E-state index is -0.844. The Morgan fingerprint density at radius 1 is 1.10 bits per heavy atom. The van der Waals surface area contributed by atoms with Gasteiger partial charge in [0.25, 0.3) is 0 Å². The van der Waals surface area contributed by atoms with Gasteiger partial charge >= 0.3 is 0 Å². The Hall–Kier alpha value is -1.94. The maximum absolute atomic E-state index is 13.6. The Morgan fingerprint density at radius 3 is 2.48 bits per heavy atom. The van der Waals surface area contributed by atoms with Gasteiger partial charge in [0.1, 0.15) is 5.75 Å². The van der Waals surface area contributed by atoms with Gasteiger partial charge in [0.05, 0.1) is 6.61 Å². The zero-order valence-electron chi connectivity index (χ0n) is 12.0. The molecule has 2 nitrogen and oxygen atoms in total. The van der Waals surface area contributed by atoms with E-state index in [1.54, 1.807) is 6.07 Å². The van der Waals surface area contributed by atoms with Crippen LogP contribution in [0.1, 0.15) is 30.5 Å². The lowest BCUT2D eigenvalue weighted by atomic mass is 9.99. The van der Waals surface area contributed by atoms with Crippen LogP contribution < -0.4 is 10.5 Å². The third-order valence-corrected chi connectivity index (χ3v) is 3.25. The molecule has 0 aliphatic carbocycles. The Balaban J connectivity index is 2.06. The molecule has 0 aliphatic rings. The first-order chi connectivity index (χ1) is 10.1. The molecular formula is C17H19F2NO. The van der Waals surface area contributed by atoms with Crippen molar-refractivity contribution in [2.24, 2.45) is 5.73 Å². The number of benzene rings is 2. The fourth-order valence-corrected chi connectivity index (χ4v) is 2.09. The van der Waals surface area contributed by atoms with Crippen LogP contribution in [-0.2, 0) is 6.42 Å². The molecule has 1 unspecified atom stereocenters. The molecule has 2 rings (SSSR count). The van der Waals surface area contributed by atoms with Crippen molar-refractivity contribution in [1.29, 1.82) is 0 Å². The van der Waals surface area contributed by atoms with E-state index >= 15 is 0 Å². The summed E-state index contributed by atoms with van der Waals surface area (Å²) in [5.41, 5.74) is 7.22. The van der Waals surface area contributed by atoms with Gasteiger partial charge in [-0.1, -0.05) is 31.2 Å². The van der Waals surface area contributed by atoms with Gasteiger partial charge in [-0.15, -0.1) is 0 Å². The van der Waals surface area contributed by atoms with E-state index in [1.807, 2.05) is 31.2 Å². The second kappa shape index (κ2) is 7.18. The monoisotopic (exact) mass is 291 g/mol. The molecule has 1 atom stereocenters. The van der Waals surface area contributed by atoms with E-state index in [4.69, 9.17) is 10.5 Å². The quantitative estimate of drug-likeness (QED) is 0.873. The number of nitrogens with two attached hydrogens (primary N) is 1. The fourth-order valence-electron chi connectivity index (χ4n) is 2.09. The van der Waals surface area contributed by atoms with Crippen LogP contribution >= 0.6 is 0 Å². The minimum Gasteiger partial charge on any atom is -0.494 e. The molecule has 0 amide bonds. The normalized spacial score (nSPS) is 12.2. The van der Waals surface area contributed by atoms with Crippen molar-refractivity contribution >= 4 is 0 Å². The molecule has 0 aromatic heterocycles. The van der Waals surface area contributed by atoms with Gasteiger partial charge in [-0.05, 0) is 42.2 Å². The summed E-state index contributed by atoms with van der Waals surface area (Å²) in [5, 5.41) is 0. The molecule has 0 heterocycles. The van der Waals surface area contributed by atoms with Crippen molar-refractivity contribution < 1.29 is 13.5 Å². The van der Waals surface area contributed by atoms with Crippen LogP contribution in [0.15, 0.2) is 42.5 Å². The van der Waals surface area contributed by atoms with Crippen molar-refractivity contribution in [2.45, 2.75) is 25.8 Å².